The van der Waals surface area contributed by atoms with Crippen molar-refractivity contribution in [3.05, 3.63) is 67.2 Å². The van der Waals surface area contributed by atoms with Gasteiger partial charge in [0.1, 0.15) is 6.61 Å². The van der Waals surface area contributed by atoms with Gasteiger partial charge in [-0.25, -0.2) is 4.98 Å². The zero-order chi connectivity index (χ0) is 18.9. The number of pyridine rings is 1. The Hall–Kier alpha value is -2.59. The van der Waals surface area contributed by atoms with Gasteiger partial charge in [-0.15, -0.1) is 0 Å². The van der Waals surface area contributed by atoms with Crippen molar-refractivity contribution < 1.29 is 4.74 Å². The second-order valence-corrected chi connectivity index (χ2v) is 12.6. The average molecular weight is 363 g/mol. The number of hydrogen-bond donors (Lipinski definition) is 1. The predicted molar refractivity (Wildman–Crippen MR) is 115 cm³/mol. The number of nitrogens with zero attached hydrogens (tertiary/aromatic N) is 1. The summed E-state index contributed by atoms with van der Waals surface area (Å²) < 4.78 is 5.58. The number of hydrogen-bond acceptors (Lipinski definition) is 3. The minimum atomic E-state index is -1.60. The Morgan fingerprint density at radius 3 is 2.54 bits per heavy atom. The van der Waals surface area contributed by atoms with Crippen molar-refractivity contribution in [1.82, 2.24) is 10.3 Å². The quantitative estimate of drug-likeness (QED) is 0.394. The highest BCUT2D eigenvalue weighted by Gasteiger charge is 2.22. The summed E-state index contributed by atoms with van der Waals surface area (Å²) in [5, 5.41) is 8.09. The molecule has 1 N–H and O–H groups in total. The van der Waals surface area contributed by atoms with Crippen LogP contribution in [0.2, 0.25) is 19.6 Å². The van der Waals surface area contributed by atoms with Gasteiger partial charge >= 0.3 is 0 Å². The molecular formula is C22H26N2OSi. The molecular weight excluding hydrogens is 336 g/mol. The summed E-state index contributed by atoms with van der Waals surface area (Å²) in [5.74, 6) is 0.531. The molecule has 3 rings (SSSR count). The van der Waals surface area contributed by atoms with Crippen LogP contribution in [0.25, 0.3) is 27.2 Å². The van der Waals surface area contributed by atoms with E-state index >= 15 is 0 Å². The second-order valence-electron chi connectivity index (χ2n) is 7.55. The first-order valence-corrected chi connectivity index (χ1v) is 12.3. The Kier molecular flexibility index (Phi) is 4.87. The maximum atomic E-state index is 5.58. The third-order valence-electron chi connectivity index (χ3n) is 4.57. The minimum absolute atomic E-state index is 0.372. The molecule has 3 aromatic rings. The molecule has 0 saturated carbocycles. The molecule has 0 aliphatic rings. The maximum Gasteiger partial charge on any atom is 0.179 e. The predicted octanol–water partition coefficient (Wildman–Crippen LogP) is 4.65. The normalized spacial score (nSPS) is 11.5. The molecule has 134 valence electrons. The lowest BCUT2D eigenvalue weighted by Crippen LogP contribution is -2.38. The monoisotopic (exact) mass is 362 g/mol. The van der Waals surface area contributed by atoms with Crippen LogP contribution in [0.4, 0.5) is 0 Å². The third kappa shape index (κ3) is 3.51. The van der Waals surface area contributed by atoms with Crippen molar-refractivity contribution in [2.45, 2.75) is 19.6 Å². The van der Waals surface area contributed by atoms with E-state index in [1.54, 1.807) is 7.05 Å². The first-order chi connectivity index (χ1) is 12.3. The van der Waals surface area contributed by atoms with Crippen molar-refractivity contribution in [3.8, 4) is 0 Å². The van der Waals surface area contributed by atoms with Gasteiger partial charge in [-0.3, -0.25) is 0 Å². The number of nitrogens with one attached hydrogen (secondary N) is 1. The van der Waals surface area contributed by atoms with Crippen LogP contribution in [0, 0.1) is 0 Å². The van der Waals surface area contributed by atoms with Crippen LogP contribution in [-0.4, -0.2) is 26.7 Å². The van der Waals surface area contributed by atoms with Crippen LogP contribution < -0.4 is 10.5 Å². The van der Waals surface area contributed by atoms with Crippen LogP contribution >= 0.6 is 0 Å². The van der Waals surface area contributed by atoms with E-state index in [0.29, 0.717) is 12.5 Å². The third-order valence-corrected chi connectivity index (χ3v) is 6.58. The van der Waals surface area contributed by atoms with E-state index < -0.39 is 8.07 Å². The topological polar surface area (TPSA) is 34.1 Å². The fourth-order valence-corrected chi connectivity index (χ4v) is 4.68. The fourth-order valence-electron chi connectivity index (χ4n) is 3.10. The summed E-state index contributed by atoms with van der Waals surface area (Å²) in [6.45, 7) is 15.5. The summed E-state index contributed by atoms with van der Waals surface area (Å²) >= 11 is 0. The smallest absolute Gasteiger partial charge is 0.179 e. The lowest BCUT2D eigenvalue weighted by atomic mass is 10.0. The van der Waals surface area contributed by atoms with E-state index in [4.69, 9.17) is 9.72 Å². The highest BCUT2D eigenvalue weighted by atomic mass is 28.3. The highest BCUT2D eigenvalue weighted by Crippen LogP contribution is 2.26. The van der Waals surface area contributed by atoms with Gasteiger partial charge in [-0.05, 0) is 34.7 Å². The second kappa shape index (κ2) is 6.96. The summed E-state index contributed by atoms with van der Waals surface area (Å²) in [6.07, 6.45) is 0. The van der Waals surface area contributed by atoms with Gasteiger partial charge in [0.15, 0.2) is 5.88 Å². The molecule has 0 aliphatic heterocycles. The zero-order valence-corrected chi connectivity index (χ0v) is 17.0. The van der Waals surface area contributed by atoms with Crippen LogP contribution in [0.15, 0.2) is 61.5 Å². The molecule has 2 aromatic carbocycles. The van der Waals surface area contributed by atoms with Crippen molar-refractivity contribution >= 4 is 40.5 Å². The molecule has 1 heterocycles. The van der Waals surface area contributed by atoms with Gasteiger partial charge in [-0.2, -0.15) is 0 Å². The first-order valence-electron chi connectivity index (χ1n) is 8.82. The number of aromatic nitrogens is 1. The molecule has 0 radical (unpaired) electrons. The number of fused-ring (bicyclic) bond motifs is 3. The molecule has 4 heteroatoms. The van der Waals surface area contributed by atoms with Gasteiger partial charge < -0.3 is 10.1 Å². The summed E-state index contributed by atoms with van der Waals surface area (Å²) in [5.41, 5.74) is 2.78. The number of rotatable bonds is 6. The van der Waals surface area contributed by atoms with Crippen LogP contribution in [0.5, 0.6) is 0 Å². The Morgan fingerprint density at radius 1 is 1.12 bits per heavy atom. The molecule has 0 fully saturated rings. The van der Waals surface area contributed by atoms with Crippen molar-refractivity contribution in [3.63, 3.8) is 0 Å². The molecule has 0 aliphatic carbocycles. The summed E-state index contributed by atoms with van der Waals surface area (Å²) in [7, 11) is 0.190. The van der Waals surface area contributed by atoms with Crippen molar-refractivity contribution in [2.75, 3.05) is 13.7 Å². The summed E-state index contributed by atoms with van der Waals surface area (Å²) in [6, 6.07) is 15.0. The fraction of sp³-hybridized carbons (Fsp3) is 0.227. The van der Waals surface area contributed by atoms with Crippen molar-refractivity contribution in [1.29, 1.82) is 0 Å². The van der Waals surface area contributed by atoms with Crippen molar-refractivity contribution in [2.24, 2.45) is 0 Å². The Labute approximate surface area is 156 Å². The van der Waals surface area contributed by atoms with Gasteiger partial charge in [0.25, 0.3) is 0 Å². The molecule has 0 unspecified atom stereocenters. The molecule has 26 heavy (non-hydrogen) atoms. The minimum Gasteiger partial charge on any atom is -0.475 e. The number of benzene rings is 2. The van der Waals surface area contributed by atoms with E-state index in [1.165, 1.54) is 21.3 Å². The van der Waals surface area contributed by atoms with Gasteiger partial charge in [0.2, 0.25) is 0 Å². The molecule has 1 aromatic heterocycles. The molecule has 0 amide bonds. The van der Waals surface area contributed by atoms with Gasteiger partial charge in [0.05, 0.1) is 19.3 Å². The molecule has 0 bridgehead atoms. The Balaban J connectivity index is 2.18. The highest BCUT2D eigenvalue weighted by molar-refractivity contribution is 6.90. The Morgan fingerprint density at radius 2 is 1.85 bits per heavy atom. The van der Waals surface area contributed by atoms with E-state index in [2.05, 4.69) is 80.6 Å². The SMILES string of the molecule is C=C(NC)OCC(=C)c1cc([Si](C)(C)C)c2c(ccc3ccccc32)n1. The number of ether oxygens (including phenoxy) is 1. The molecule has 3 nitrogen and oxygen atoms in total. The van der Waals surface area contributed by atoms with Gasteiger partial charge in [-0.1, -0.05) is 56.6 Å². The van der Waals surface area contributed by atoms with Gasteiger partial charge in [0, 0.05) is 18.0 Å². The average Bonchev–Trinajstić information content (AvgIpc) is 2.63. The standard InChI is InChI=1S/C22H26N2OSi/c1-15(14-25-16(2)23-3)20-13-21(26(4,5)6)22-18-10-8-7-9-17(18)11-12-19(22)24-20/h7-13,23H,1-2,14H2,3-6H3. The zero-order valence-electron chi connectivity index (χ0n) is 16.0. The molecule has 0 atom stereocenters. The molecule has 0 spiro atoms. The van der Waals surface area contributed by atoms with Crippen LogP contribution in [0.3, 0.4) is 0 Å². The maximum absolute atomic E-state index is 5.58. The lowest BCUT2D eigenvalue weighted by Gasteiger charge is -2.22. The lowest BCUT2D eigenvalue weighted by molar-refractivity contribution is 0.235. The summed E-state index contributed by atoms with van der Waals surface area (Å²) in [4.78, 5) is 4.90. The van der Waals surface area contributed by atoms with E-state index in [1.807, 2.05) is 0 Å². The van der Waals surface area contributed by atoms with Crippen LogP contribution in [-0.2, 0) is 4.74 Å². The van der Waals surface area contributed by atoms with E-state index in [0.717, 1.165) is 16.8 Å². The van der Waals surface area contributed by atoms with E-state index in [-0.39, 0.29) is 0 Å². The largest absolute Gasteiger partial charge is 0.475 e. The Bertz CT molecular complexity index is 1000. The molecule has 0 saturated heterocycles. The first kappa shape index (κ1) is 18.2. The van der Waals surface area contributed by atoms with E-state index in [9.17, 15) is 0 Å². The van der Waals surface area contributed by atoms with Crippen LogP contribution in [0.1, 0.15) is 5.69 Å².